The normalized spacial score (nSPS) is 42.4. The fourth-order valence-corrected chi connectivity index (χ4v) is 9.35. The Balaban J connectivity index is 0.817. The molecule has 0 heterocycles. The van der Waals surface area contributed by atoms with Gasteiger partial charge in [-0.25, -0.2) is 0 Å². The molecule has 0 spiro atoms. The second kappa shape index (κ2) is 11.4. The molecule has 7 fully saturated rings. The monoisotopic (exact) mass is 530 g/mol. The average Bonchev–Trinajstić information content (AvgIpc) is 3.57. The Morgan fingerprint density at radius 2 is 1.32 bits per heavy atom. The van der Waals surface area contributed by atoms with Gasteiger partial charge in [-0.15, -0.1) is 0 Å². The number of hydrogen-bond acceptors (Lipinski definition) is 6. The van der Waals surface area contributed by atoms with Gasteiger partial charge >= 0.3 is 11.9 Å². The lowest BCUT2D eigenvalue weighted by Crippen LogP contribution is -2.37. The Hall–Kier alpha value is -1.14. The standard InChI is InChI=1S/C32H50O6/c1-20(37-30(33)10-8-22-7-9-27-15-28(27)12-22)35-18-23-3-5-24(6-4-23)19-36-21(2)38-31(34)32-16-25-11-26(17-32)14-29(32)13-25/h20-29H,3-19H2,1-2H3. The summed E-state index contributed by atoms with van der Waals surface area (Å²) in [6.07, 6.45) is 16.3. The number of hydrogen-bond donors (Lipinski definition) is 0. The molecule has 0 amide bonds. The molecular formula is C32H50O6. The van der Waals surface area contributed by atoms with Gasteiger partial charge in [-0.05, 0) is 145 Å². The fourth-order valence-electron chi connectivity index (χ4n) is 9.35. The first-order chi connectivity index (χ1) is 18.4. The van der Waals surface area contributed by atoms with Crippen LogP contribution in [0.25, 0.3) is 0 Å². The van der Waals surface area contributed by atoms with Crippen LogP contribution in [0.3, 0.4) is 0 Å². The first-order valence-corrected chi connectivity index (χ1v) is 16.0. The Morgan fingerprint density at radius 3 is 1.95 bits per heavy atom. The van der Waals surface area contributed by atoms with Crippen molar-refractivity contribution in [2.75, 3.05) is 13.2 Å². The summed E-state index contributed by atoms with van der Waals surface area (Å²) < 4.78 is 23.3. The molecule has 38 heavy (non-hydrogen) atoms. The minimum absolute atomic E-state index is 0.0146. The second-order valence-electron chi connectivity index (χ2n) is 14.3. The van der Waals surface area contributed by atoms with Gasteiger partial charge in [0.15, 0.2) is 12.6 Å². The van der Waals surface area contributed by atoms with Gasteiger partial charge in [0.25, 0.3) is 0 Å². The summed E-state index contributed by atoms with van der Waals surface area (Å²) in [4.78, 5) is 25.4. The van der Waals surface area contributed by atoms with Crippen LogP contribution in [0.4, 0.5) is 0 Å². The smallest absolute Gasteiger partial charge is 0.314 e. The molecule has 0 aromatic carbocycles. The van der Waals surface area contributed by atoms with Crippen molar-refractivity contribution in [1.29, 1.82) is 0 Å². The molecule has 4 bridgehead atoms. The van der Waals surface area contributed by atoms with Crippen molar-refractivity contribution < 1.29 is 28.5 Å². The van der Waals surface area contributed by atoms with Crippen molar-refractivity contribution in [3.63, 3.8) is 0 Å². The van der Waals surface area contributed by atoms with Gasteiger partial charge in [-0.3, -0.25) is 9.59 Å². The molecule has 0 radical (unpaired) electrons. The van der Waals surface area contributed by atoms with Crippen LogP contribution in [0.15, 0.2) is 0 Å². The van der Waals surface area contributed by atoms with Gasteiger partial charge in [0.2, 0.25) is 0 Å². The van der Waals surface area contributed by atoms with E-state index in [1.807, 2.05) is 13.8 Å². The van der Waals surface area contributed by atoms with E-state index in [4.69, 9.17) is 18.9 Å². The van der Waals surface area contributed by atoms with Gasteiger partial charge in [0.05, 0.1) is 18.6 Å². The Morgan fingerprint density at radius 1 is 0.711 bits per heavy atom. The quantitative estimate of drug-likeness (QED) is 0.208. The molecule has 7 unspecified atom stereocenters. The van der Waals surface area contributed by atoms with E-state index in [1.54, 1.807) is 0 Å². The number of carbonyl (C=O) groups excluding carboxylic acids is 2. The zero-order valence-corrected chi connectivity index (χ0v) is 23.7. The molecule has 6 heteroatoms. The lowest BCUT2D eigenvalue weighted by molar-refractivity contribution is -0.191. The molecule has 7 aliphatic carbocycles. The first-order valence-electron chi connectivity index (χ1n) is 16.0. The molecule has 0 aliphatic heterocycles. The average molecular weight is 531 g/mol. The summed E-state index contributed by atoms with van der Waals surface area (Å²) in [5.41, 5.74) is -0.190. The van der Waals surface area contributed by atoms with E-state index < -0.39 is 12.6 Å². The van der Waals surface area contributed by atoms with Crippen molar-refractivity contribution in [2.24, 2.45) is 52.8 Å². The Bertz CT molecular complexity index is 835. The second-order valence-corrected chi connectivity index (χ2v) is 14.3. The molecule has 7 atom stereocenters. The van der Waals surface area contributed by atoms with E-state index in [2.05, 4.69) is 0 Å². The maximum atomic E-state index is 13.1. The molecule has 7 aliphatic rings. The molecule has 0 saturated heterocycles. The predicted octanol–water partition coefficient (Wildman–Crippen LogP) is 6.65. The van der Waals surface area contributed by atoms with Crippen LogP contribution in [-0.2, 0) is 28.5 Å². The minimum Gasteiger partial charge on any atom is -0.436 e. The Labute approximate surface area is 229 Å². The van der Waals surface area contributed by atoms with Crippen LogP contribution in [0, 0.1) is 52.8 Å². The highest BCUT2D eigenvalue weighted by Gasteiger charge is 2.62. The largest absolute Gasteiger partial charge is 0.436 e. The highest BCUT2D eigenvalue weighted by atomic mass is 16.7. The van der Waals surface area contributed by atoms with Gasteiger partial charge in [-0.2, -0.15) is 0 Å². The molecule has 0 N–H and O–H groups in total. The topological polar surface area (TPSA) is 71.1 Å². The van der Waals surface area contributed by atoms with Crippen LogP contribution in [0.5, 0.6) is 0 Å². The SMILES string of the molecule is CC(OCC1CCC(COC(C)OC(=O)C23CC4CC(CC2C4)C3)CC1)OC(=O)CCC1CCC2CC2C1. The fraction of sp³-hybridized carbons (Fsp3) is 0.938. The van der Waals surface area contributed by atoms with Crippen LogP contribution in [0.2, 0.25) is 0 Å². The van der Waals surface area contributed by atoms with Crippen LogP contribution in [-0.4, -0.2) is 37.7 Å². The van der Waals surface area contributed by atoms with Crippen LogP contribution in [0.1, 0.15) is 110 Å². The highest BCUT2D eigenvalue weighted by molar-refractivity contribution is 5.78. The maximum Gasteiger partial charge on any atom is 0.314 e. The van der Waals surface area contributed by atoms with Gasteiger partial charge in [0.1, 0.15) is 0 Å². The Kier molecular flexibility index (Phi) is 8.11. The van der Waals surface area contributed by atoms with E-state index >= 15 is 0 Å². The van der Waals surface area contributed by atoms with Gasteiger partial charge in [-0.1, -0.05) is 6.42 Å². The van der Waals surface area contributed by atoms with Crippen molar-refractivity contribution in [3.8, 4) is 0 Å². The zero-order valence-electron chi connectivity index (χ0n) is 23.7. The van der Waals surface area contributed by atoms with Gasteiger partial charge < -0.3 is 18.9 Å². The third kappa shape index (κ3) is 6.11. The molecule has 7 saturated carbocycles. The summed E-state index contributed by atoms with van der Waals surface area (Å²) in [5.74, 6) is 5.66. The minimum atomic E-state index is -0.469. The maximum absolute atomic E-state index is 13.1. The van der Waals surface area contributed by atoms with E-state index in [9.17, 15) is 9.59 Å². The summed E-state index contributed by atoms with van der Waals surface area (Å²) >= 11 is 0. The molecular weight excluding hydrogens is 480 g/mol. The molecule has 0 aromatic heterocycles. The van der Waals surface area contributed by atoms with E-state index in [-0.39, 0.29) is 17.4 Å². The molecule has 7 rings (SSSR count). The summed E-state index contributed by atoms with van der Waals surface area (Å²) in [5, 5.41) is 0. The first kappa shape index (κ1) is 27.1. The lowest BCUT2D eigenvalue weighted by Gasteiger charge is -2.32. The third-order valence-corrected chi connectivity index (χ3v) is 11.5. The summed E-state index contributed by atoms with van der Waals surface area (Å²) in [6.45, 7) is 5.03. The van der Waals surface area contributed by atoms with E-state index in [0.717, 1.165) is 68.6 Å². The molecule has 214 valence electrons. The summed E-state index contributed by atoms with van der Waals surface area (Å²) in [7, 11) is 0. The van der Waals surface area contributed by atoms with Crippen LogP contribution < -0.4 is 0 Å². The van der Waals surface area contributed by atoms with Gasteiger partial charge in [0, 0.05) is 6.42 Å². The zero-order chi connectivity index (χ0) is 26.3. The number of ether oxygens (including phenoxy) is 4. The number of carbonyl (C=O) groups is 2. The summed E-state index contributed by atoms with van der Waals surface area (Å²) in [6, 6.07) is 0. The van der Waals surface area contributed by atoms with Crippen molar-refractivity contribution in [2.45, 2.75) is 123 Å². The number of rotatable bonds is 12. The van der Waals surface area contributed by atoms with Crippen LogP contribution >= 0.6 is 0 Å². The van der Waals surface area contributed by atoms with E-state index in [1.165, 1.54) is 44.9 Å². The van der Waals surface area contributed by atoms with Crippen molar-refractivity contribution >= 4 is 11.9 Å². The third-order valence-electron chi connectivity index (χ3n) is 11.5. The lowest BCUT2D eigenvalue weighted by atomic mass is 9.75. The molecule has 6 nitrogen and oxygen atoms in total. The number of fused-ring (bicyclic) bond motifs is 1. The predicted molar refractivity (Wildman–Crippen MR) is 143 cm³/mol. The van der Waals surface area contributed by atoms with Crippen molar-refractivity contribution in [3.05, 3.63) is 0 Å². The number of esters is 2. The highest BCUT2D eigenvalue weighted by Crippen LogP contribution is 2.65. The van der Waals surface area contributed by atoms with E-state index in [0.29, 0.717) is 43.3 Å². The molecule has 0 aromatic rings. The van der Waals surface area contributed by atoms with Crippen molar-refractivity contribution in [1.82, 2.24) is 0 Å².